The van der Waals surface area contributed by atoms with Crippen molar-refractivity contribution < 1.29 is 19.4 Å². The van der Waals surface area contributed by atoms with E-state index in [-0.39, 0.29) is 22.6 Å². The molecular formula is C14H11NO4. The van der Waals surface area contributed by atoms with Gasteiger partial charge >= 0.3 is 5.97 Å². The fraction of sp³-hybridized carbons (Fsp3) is 0. The molecule has 0 atom stereocenters. The number of benzene rings is 2. The number of phenols is 1. The summed E-state index contributed by atoms with van der Waals surface area (Å²) >= 11 is 0. The van der Waals surface area contributed by atoms with Crippen LogP contribution in [0.5, 0.6) is 11.5 Å². The fourth-order valence-electron chi connectivity index (χ4n) is 1.56. The second-order valence-electron chi connectivity index (χ2n) is 3.77. The largest absolute Gasteiger partial charge is 0.507 e. The fourth-order valence-corrected chi connectivity index (χ4v) is 1.56. The van der Waals surface area contributed by atoms with Gasteiger partial charge in [0, 0.05) is 0 Å². The van der Waals surface area contributed by atoms with Crippen LogP contribution in [0.1, 0.15) is 20.7 Å². The average Bonchev–Trinajstić information content (AvgIpc) is 2.39. The minimum Gasteiger partial charge on any atom is -0.507 e. The third-order valence-corrected chi connectivity index (χ3v) is 2.48. The summed E-state index contributed by atoms with van der Waals surface area (Å²) in [6, 6.07) is 12.1. The number of amides is 1. The Labute approximate surface area is 109 Å². The second-order valence-corrected chi connectivity index (χ2v) is 3.77. The Morgan fingerprint density at radius 2 is 1.53 bits per heavy atom. The maximum Gasteiger partial charge on any atom is 0.347 e. The van der Waals surface area contributed by atoms with Gasteiger partial charge in [-0.3, -0.25) is 4.79 Å². The smallest absolute Gasteiger partial charge is 0.347 e. The van der Waals surface area contributed by atoms with Crippen LogP contribution in [0.4, 0.5) is 0 Å². The van der Waals surface area contributed by atoms with Crippen LogP contribution in [0.2, 0.25) is 0 Å². The highest BCUT2D eigenvalue weighted by molar-refractivity contribution is 5.98. The summed E-state index contributed by atoms with van der Waals surface area (Å²) in [5.41, 5.74) is 5.30. The molecule has 0 aliphatic rings. The summed E-state index contributed by atoms with van der Waals surface area (Å²) in [5.74, 6) is -1.58. The molecule has 19 heavy (non-hydrogen) atoms. The van der Waals surface area contributed by atoms with Gasteiger partial charge in [-0.25, -0.2) is 4.79 Å². The van der Waals surface area contributed by atoms with Gasteiger partial charge in [-0.2, -0.15) is 0 Å². The SMILES string of the molecule is NC(=O)c1ccccc1OC(=O)c1ccccc1O. The quantitative estimate of drug-likeness (QED) is 0.647. The third kappa shape index (κ3) is 2.71. The number of hydrogen-bond acceptors (Lipinski definition) is 4. The zero-order chi connectivity index (χ0) is 13.8. The molecule has 0 saturated carbocycles. The third-order valence-electron chi connectivity index (χ3n) is 2.48. The van der Waals surface area contributed by atoms with Crippen molar-refractivity contribution in [3.05, 3.63) is 59.7 Å². The zero-order valence-corrected chi connectivity index (χ0v) is 9.87. The topological polar surface area (TPSA) is 89.6 Å². The molecule has 0 spiro atoms. The van der Waals surface area contributed by atoms with E-state index in [1.807, 2.05) is 0 Å². The zero-order valence-electron chi connectivity index (χ0n) is 9.87. The van der Waals surface area contributed by atoms with Crippen LogP contribution in [0.25, 0.3) is 0 Å². The predicted octanol–water partition coefficient (Wildman–Crippen LogP) is 1.71. The molecule has 0 fully saturated rings. The second kappa shape index (κ2) is 5.22. The monoisotopic (exact) mass is 257 g/mol. The van der Waals surface area contributed by atoms with E-state index in [1.165, 1.54) is 24.3 Å². The minimum absolute atomic E-state index is 0.0155. The Balaban J connectivity index is 2.30. The van der Waals surface area contributed by atoms with Crippen LogP contribution in [0, 0.1) is 0 Å². The van der Waals surface area contributed by atoms with E-state index in [2.05, 4.69) is 0 Å². The van der Waals surface area contributed by atoms with Gasteiger partial charge in [0.2, 0.25) is 0 Å². The highest BCUT2D eigenvalue weighted by atomic mass is 16.5. The maximum absolute atomic E-state index is 11.9. The first kappa shape index (κ1) is 12.6. The Bertz CT molecular complexity index is 637. The Morgan fingerprint density at radius 1 is 0.947 bits per heavy atom. The van der Waals surface area contributed by atoms with Crippen LogP contribution < -0.4 is 10.5 Å². The molecular weight excluding hydrogens is 246 g/mol. The van der Waals surface area contributed by atoms with E-state index in [4.69, 9.17) is 10.5 Å². The van der Waals surface area contributed by atoms with Gasteiger partial charge in [-0.15, -0.1) is 0 Å². The lowest BCUT2D eigenvalue weighted by Crippen LogP contribution is -2.15. The highest BCUT2D eigenvalue weighted by Crippen LogP contribution is 2.22. The molecule has 2 rings (SSSR count). The van der Waals surface area contributed by atoms with Gasteiger partial charge in [0.05, 0.1) is 5.56 Å². The van der Waals surface area contributed by atoms with E-state index in [1.54, 1.807) is 24.3 Å². The molecule has 1 amide bonds. The first-order valence-electron chi connectivity index (χ1n) is 5.48. The van der Waals surface area contributed by atoms with E-state index in [0.29, 0.717) is 0 Å². The van der Waals surface area contributed by atoms with E-state index in [0.717, 1.165) is 0 Å². The number of aromatic hydroxyl groups is 1. The molecule has 0 aliphatic heterocycles. The van der Waals surface area contributed by atoms with Gasteiger partial charge in [0.25, 0.3) is 5.91 Å². The number of primary amides is 1. The van der Waals surface area contributed by atoms with Crippen molar-refractivity contribution in [2.75, 3.05) is 0 Å². The standard InChI is InChI=1S/C14H11NO4/c15-13(17)10-6-2-4-8-12(10)19-14(18)9-5-1-3-7-11(9)16/h1-8,16H,(H2,15,17). The number of esters is 1. The summed E-state index contributed by atoms with van der Waals surface area (Å²) in [7, 11) is 0. The number of hydrogen-bond donors (Lipinski definition) is 2. The lowest BCUT2D eigenvalue weighted by Gasteiger charge is -2.08. The van der Waals surface area contributed by atoms with Crippen molar-refractivity contribution in [3.8, 4) is 11.5 Å². The molecule has 0 heterocycles. The van der Waals surface area contributed by atoms with E-state index >= 15 is 0 Å². The normalized spacial score (nSPS) is 9.89. The number of carbonyl (C=O) groups is 2. The molecule has 5 nitrogen and oxygen atoms in total. The molecule has 0 radical (unpaired) electrons. The lowest BCUT2D eigenvalue weighted by atomic mass is 10.2. The van der Waals surface area contributed by atoms with Gasteiger partial charge in [0.15, 0.2) is 0 Å². The van der Waals surface area contributed by atoms with Gasteiger partial charge in [-0.05, 0) is 24.3 Å². The summed E-state index contributed by atoms with van der Waals surface area (Å²) in [5, 5.41) is 9.54. The number of carbonyl (C=O) groups excluding carboxylic acids is 2. The molecule has 0 aromatic heterocycles. The van der Waals surface area contributed by atoms with Crippen LogP contribution in [-0.2, 0) is 0 Å². The van der Waals surface area contributed by atoms with E-state index in [9.17, 15) is 14.7 Å². The van der Waals surface area contributed by atoms with Crippen LogP contribution in [0.15, 0.2) is 48.5 Å². The molecule has 96 valence electrons. The predicted molar refractivity (Wildman–Crippen MR) is 68.0 cm³/mol. The van der Waals surface area contributed by atoms with Crippen molar-refractivity contribution in [2.45, 2.75) is 0 Å². The molecule has 2 aromatic carbocycles. The molecule has 5 heteroatoms. The first-order valence-corrected chi connectivity index (χ1v) is 5.48. The van der Waals surface area contributed by atoms with Crippen LogP contribution >= 0.6 is 0 Å². The molecule has 0 unspecified atom stereocenters. The highest BCUT2D eigenvalue weighted by Gasteiger charge is 2.16. The number of para-hydroxylation sites is 2. The first-order chi connectivity index (χ1) is 9.09. The summed E-state index contributed by atoms with van der Waals surface area (Å²) in [6.07, 6.45) is 0. The van der Waals surface area contributed by atoms with Crippen molar-refractivity contribution in [1.29, 1.82) is 0 Å². The number of ether oxygens (including phenoxy) is 1. The number of rotatable bonds is 3. The minimum atomic E-state index is -0.758. The Kier molecular flexibility index (Phi) is 3.47. The van der Waals surface area contributed by atoms with E-state index < -0.39 is 11.9 Å². The summed E-state index contributed by atoms with van der Waals surface area (Å²) in [6.45, 7) is 0. The van der Waals surface area contributed by atoms with Crippen molar-refractivity contribution in [2.24, 2.45) is 5.73 Å². The molecule has 0 bridgehead atoms. The number of nitrogens with two attached hydrogens (primary N) is 1. The molecule has 2 aromatic rings. The van der Waals surface area contributed by atoms with Crippen molar-refractivity contribution in [3.63, 3.8) is 0 Å². The Morgan fingerprint density at radius 3 is 2.16 bits per heavy atom. The molecule has 0 aliphatic carbocycles. The van der Waals surface area contributed by atoms with Crippen molar-refractivity contribution in [1.82, 2.24) is 0 Å². The molecule has 0 saturated heterocycles. The van der Waals surface area contributed by atoms with Crippen LogP contribution in [0.3, 0.4) is 0 Å². The summed E-state index contributed by atoms with van der Waals surface area (Å²) < 4.78 is 5.07. The summed E-state index contributed by atoms with van der Waals surface area (Å²) in [4.78, 5) is 23.1. The average molecular weight is 257 g/mol. The lowest BCUT2D eigenvalue weighted by molar-refractivity contribution is 0.0729. The van der Waals surface area contributed by atoms with Gasteiger partial charge in [0.1, 0.15) is 17.1 Å². The Hall–Kier alpha value is -2.82. The van der Waals surface area contributed by atoms with Gasteiger partial charge < -0.3 is 15.6 Å². The number of phenolic OH excluding ortho intramolecular Hbond substituents is 1. The van der Waals surface area contributed by atoms with Gasteiger partial charge in [-0.1, -0.05) is 24.3 Å². The molecule has 3 N–H and O–H groups in total. The van der Waals surface area contributed by atoms with Crippen LogP contribution in [-0.4, -0.2) is 17.0 Å². The maximum atomic E-state index is 11.9. The van der Waals surface area contributed by atoms with Crippen molar-refractivity contribution >= 4 is 11.9 Å².